The topological polar surface area (TPSA) is 32.9 Å². The van der Waals surface area contributed by atoms with Crippen LogP contribution in [0.1, 0.15) is 10.5 Å². The molecule has 0 aliphatic rings. The molecule has 2 aromatic rings. The fraction of sp³-hybridized carbons (Fsp3) is 0. The highest BCUT2D eigenvalue weighted by Crippen LogP contribution is 2.29. The molecule has 0 aliphatic carbocycles. The Labute approximate surface area is 82.1 Å². The lowest BCUT2D eigenvalue weighted by Gasteiger charge is -1.82. The van der Waals surface area contributed by atoms with Gasteiger partial charge in [0.15, 0.2) is 0 Å². The zero-order valence-corrected chi connectivity index (χ0v) is 8.06. The predicted octanol–water partition coefficient (Wildman–Crippen LogP) is 3.26. The molecular formula is C7H3Cl2NOS. The maximum Gasteiger partial charge on any atom is 0.268 e. The number of carbonyl (C=O) groups is 1. The van der Waals surface area contributed by atoms with Crippen molar-refractivity contribution < 1.29 is 4.79 Å². The van der Waals surface area contributed by atoms with Crippen LogP contribution < -0.4 is 0 Å². The van der Waals surface area contributed by atoms with Gasteiger partial charge in [-0.2, -0.15) is 0 Å². The van der Waals surface area contributed by atoms with Crippen molar-refractivity contribution in [2.75, 3.05) is 0 Å². The van der Waals surface area contributed by atoms with E-state index in [-0.39, 0.29) is 0 Å². The van der Waals surface area contributed by atoms with Crippen LogP contribution in [0.15, 0.2) is 12.1 Å². The minimum absolute atomic E-state index is 0.412. The van der Waals surface area contributed by atoms with Crippen LogP contribution in [-0.4, -0.2) is 10.2 Å². The van der Waals surface area contributed by atoms with Gasteiger partial charge in [-0.3, -0.25) is 4.79 Å². The molecule has 0 atom stereocenters. The average molecular weight is 220 g/mol. The summed E-state index contributed by atoms with van der Waals surface area (Å²) < 4.78 is 0.699. The van der Waals surface area contributed by atoms with E-state index in [0.29, 0.717) is 10.0 Å². The number of aromatic amines is 1. The van der Waals surface area contributed by atoms with Crippen LogP contribution >= 0.6 is 34.5 Å². The van der Waals surface area contributed by atoms with Gasteiger partial charge in [-0.15, -0.1) is 11.3 Å². The van der Waals surface area contributed by atoms with Gasteiger partial charge >= 0.3 is 0 Å². The molecule has 62 valence electrons. The molecule has 0 aliphatic heterocycles. The van der Waals surface area contributed by atoms with Crippen LogP contribution in [0.3, 0.4) is 0 Å². The first-order valence-corrected chi connectivity index (χ1v) is 4.72. The summed E-state index contributed by atoms with van der Waals surface area (Å²) in [7, 11) is 0. The van der Waals surface area contributed by atoms with Gasteiger partial charge in [0.05, 0.1) is 4.34 Å². The third kappa shape index (κ3) is 1.24. The van der Waals surface area contributed by atoms with Gasteiger partial charge in [-0.1, -0.05) is 11.6 Å². The van der Waals surface area contributed by atoms with E-state index in [1.807, 2.05) is 0 Å². The molecule has 0 bridgehead atoms. The van der Waals surface area contributed by atoms with Crippen molar-refractivity contribution >= 4 is 50.0 Å². The Kier molecular flexibility index (Phi) is 1.87. The maximum absolute atomic E-state index is 10.7. The molecule has 5 heteroatoms. The molecule has 0 spiro atoms. The number of aromatic nitrogens is 1. The summed E-state index contributed by atoms with van der Waals surface area (Å²) in [5, 5.41) is 0.448. The van der Waals surface area contributed by atoms with E-state index in [9.17, 15) is 4.79 Å². The van der Waals surface area contributed by atoms with Gasteiger partial charge in [0.2, 0.25) is 0 Å². The highest BCUT2D eigenvalue weighted by atomic mass is 35.5. The maximum atomic E-state index is 10.7. The van der Waals surface area contributed by atoms with E-state index in [1.165, 1.54) is 11.3 Å². The second kappa shape index (κ2) is 2.76. The molecule has 0 fully saturated rings. The molecule has 0 amide bonds. The van der Waals surface area contributed by atoms with Crippen LogP contribution in [0.5, 0.6) is 0 Å². The Morgan fingerprint density at radius 2 is 2.25 bits per heavy atom. The Hall–Kier alpha value is -0.510. The normalized spacial score (nSPS) is 10.8. The monoisotopic (exact) mass is 219 g/mol. The van der Waals surface area contributed by atoms with E-state index in [0.717, 1.165) is 10.2 Å². The summed E-state index contributed by atoms with van der Waals surface area (Å²) in [5.74, 6) is 0. The molecule has 1 N–H and O–H groups in total. The van der Waals surface area contributed by atoms with Gasteiger partial charge in [0.25, 0.3) is 5.24 Å². The quantitative estimate of drug-likeness (QED) is 0.735. The average Bonchev–Trinajstić information content (AvgIpc) is 2.42. The molecule has 0 unspecified atom stereocenters. The third-order valence-electron chi connectivity index (χ3n) is 1.49. The summed E-state index contributed by atoms with van der Waals surface area (Å²) >= 11 is 12.4. The first-order valence-electron chi connectivity index (χ1n) is 3.15. The number of hydrogen-bond acceptors (Lipinski definition) is 2. The lowest BCUT2D eigenvalue weighted by molar-refractivity contribution is 0.107. The minimum atomic E-state index is -0.477. The second-order valence-electron chi connectivity index (χ2n) is 2.29. The van der Waals surface area contributed by atoms with Gasteiger partial charge < -0.3 is 4.98 Å². The summed E-state index contributed by atoms with van der Waals surface area (Å²) in [5.41, 5.74) is 0.412. The Balaban J connectivity index is 2.64. The predicted molar refractivity (Wildman–Crippen MR) is 51.4 cm³/mol. The molecular weight excluding hydrogens is 217 g/mol. The van der Waals surface area contributed by atoms with E-state index >= 15 is 0 Å². The van der Waals surface area contributed by atoms with E-state index < -0.39 is 5.24 Å². The zero-order chi connectivity index (χ0) is 8.72. The SMILES string of the molecule is O=C(Cl)c1cc2cc(Cl)sc2[nH]1. The standard InChI is InChI=1S/C7H3Cl2NOS/c8-5-2-3-1-4(6(9)11)10-7(3)12-5/h1-2,10H. The molecule has 12 heavy (non-hydrogen) atoms. The summed E-state index contributed by atoms with van der Waals surface area (Å²) in [6.45, 7) is 0. The van der Waals surface area contributed by atoms with Gasteiger partial charge in [0.1, 0.15) is 10.5 Å². The van der Waals surface area contributed by atoms with E-state index in [1.54, 1.807) is 12.1 Å². The molecule has 0 saturated carbocycles. The molecule has 2 rings (SSSR count). The molecule has 2 nitrogen and oxygen atoms in total. The highest BCUT2D eigenvalue weighted by molar-refractivity contribution is 7.22. The van der Waals surface area contributed by atoms with Crippen LogP contribution in [0.25, 0.3) is 10.2 Å². The third-order valence-corrected chi connectivity index (χ3v) is 2.89. The lowest BCUT2D eigenvalue weighted by Crippen LogP contribution is -1.85. The van der Waals surface area contributed by atoms with Crippen LogP contribution in [0.2, 0.25) is 4.34 Å². The Morgan fingerprint density at radius 1 is 1.50 bits per heavy atom. The van der Waals surface area contributed by atoms with Crippen LogP contribution in [0, 0.1) is 0 Å². The summed E-state index contributed by atoms with van der Waals surface area (Å²) in [6, 6.07) is 3.48. The van der Waals surface area contributed by atoms with Crippen LogP contribution in [0.4, 0.5) is 0 Å². The largest absolute Gasteiger partial charge is 0.343 e. The smallest absolute Gasteiger partial charge is 0.268 e. The van der Waals surface area contributed by atoms with Crippen molar-refractivity contribution in [2.24, 2.45) is 0 Å². The van der Waals surface area contributed by atoms with Gasteiger partial charge in [-0.05, 0) is 23.7 Å². The van der Waals surface area contributed by atoms with Crippen molar-refractivity contribution in [3.05, 3.63) is 22.2 Å². The fourth-order valence-electron chi connectivity index (χ4n) is 0.998. The van der Waals surface area contributed by atoms with Crippen molar-refractivity contribution in [2.45, 2.75) is 0 Å². The molecule has 2 heterocycles. The van der Waals surface area contributed by atoms with Crippen molar-refractivity contribution in [3.63, 3.8) is 0 Å². The molecule has 0 radical (unpaired) electrons. The number of hydrogen-bond donors (Lipinski definition) is 1. The molecule has 0 aromatic carbocycles. The lowest BCUT2D eigenvalue weighted by atomic mass is 10.4. The Bertz CT molecular complexity index is 414. The summed E-state index contributed by atoms with van der Waals surface area (Å²) in [4.78, 5) is 14.5. The number of thiophene rings is 1. The first kappa shape index (κ1) is 8.10. The van der Waals surface area contributed by atoms with Crippen LogP contribution in [-0.2, 0) is 0 Å². The Morgan fingerprint density at radius 3 is 2.83 bits per heavy atom. The number of carbonyl (C=O) groups excluding carboxylic acids is 1. The second-order valence-corrected chi connectivity index (χ2v) is 4.32. The number of halogens is 2. The van der Waals surface area contributed by atoms with Gasteiger partial charge in [0, 0.05) is 5.39 Å². The number of rotatable bonds is 1. The number of fused-ring (bicyclic) bond motifs is 1. The fourth-order valence-corrected chi connectivity index (χ4v) is 2.23. The van der Waals surface area contributed by atoms with E-state index in [2.05, 4.69) is 4.98 Å². The van der Waals surface area contributed by atoms with Gasteiger partial charge in [-0.25, -0.2) is 0 Å². The number of nitrogens with one attached hydrogen (secondary N) is 1. The van der Waals surface area contributed by atoms with E-state index in [4.69, 9.17) is 23.2 Å². The van der Waals surface area contributed by atoms with Crippen molar-refractivity contribution in [1.82, 2.24) is 4.98 Å². The summed E-state index contributed by atoms with van der Waals surface area (Å²) in [6.07, 6.45) is 0. The number of H-pyrrole nitrogens is 1. The molecule has 2 aromatic heterocycles. The minimum Gasteiger partial charge on any atom is -0.343 e. The zero-order valence-electron chi connectivity index (χ0n) is 5.73. The van der Waals surface area contributed by atoms with Crippen molar-refractivity contribution in [3.8, 4) is 0 Å². The van der Waals surface area contributed by atoms with Crippen molar-refractivity contribution in [1.29, 1.82) is 0 Å². The highest BCUT2D eigenvalue weighted by Gasteiger charge is 2.08. The molecule has 0 saturated heterocycles. The first-order chi connectivity index (χ1) is 5.66.